The summed E-state index contributed by atoms with van der Waals surface area (Å²) in [6, 6.07) is 1.83. The number of thiophene rings is 1. The molecule has 1 heterocycles. The minimum absolute atomic E-state index is 0.132. The largest absolute Gasteiger partial charge is 0.388 e. The molecule has 1 rings (SSSR count). The van der Waals surface area contributed by atoms with Crippen molar-refractivity contribution in [2.24, 2.45) is 5.41 Å². The highest BCUT2D eigenvalue weighted by Gasteiger charge is 2.20. The number of aliphatic hydroxyl groups excluding tert-OH is 1. The molecule has 0 fully saturated rings. The van der Waals surface area contributed by atoms with E-state index in [0.29, 0.717) is 5.02 Å². The average molecular weight is 219 g/mol. The van der Waals surface area contributed by atoms with Crippen molar-refractivity contribution in [3.63, 3.8) is 0 Å². The molecule has 74 valence electrons. The van der Waals surface area contributed by atoms with Gasteiger partial charge >= 0.3 is 0 Å². The molecule has 0 spiro atoms. The monoisotopic (exact) mass is 218 g/mol. The lowest BCUT2D eigenvalue weighted by Gasteiger charge is -2.21. The Kier molecular flexibility index (Phi) is 3.38. The van der Waals surface area contributed by atoms with E-state index in [1.165, 1.54) is 11.3 Å². The molecule has 0 aliphatic heterocycles. The molecule has 0 aliphatic carbocycles. The van der Waals surface area contributed by atoms with E-state index < -0.39 is 6.10 Å². The smallest absolute Gasteiger partial charge is 0.0901 e. The number of aliphatic hydroxyl groups is 1. The summed E-state index contributed by atoms with van der Waals surface area (Å²) in [6.45, 7) is 6.33. The Morgan fingerprint density at radius 3 is 2.54 bits per heavy atom. The van der Waals surface area contributed by atoms with E-state index in [1.807, 2.05) is 11.4 Å². The molecule has 13 heavy (non-hydrogen) atoms. The summed E-state index contributed by atoms with van der Waals surface area (Å²) in [5.41, 5.74) is 0.132. The molecule has 0 saturated carbocycles. The van der Waals surface area contributed by atoms with Gasteiger partial charge in [0.1, 0.15) is 0 Å². The Hall–Kier alpha value is -0.0500. The summed E-state index contributed by atoms with van der Waals surface area (Å²) in [7, 11) is 0. The molecule has 0 aliphatic rings. The second-order valence-electron chi connectivity index (χ2n) is 4.41. The molecule has 3 heteroatoms. The van der Waals surface area contributed by atoms with Crippen LogP contribution in [0.2, 0.25) is 5.02 Å². The van der Waals surface area contributed by atoms with Gasteiger partial charge in [-0.3, -0.25) is 0 Å². The Morgan fingerprint density at radius 1 is 1.54 bits per heavy atom. The van der Waals surface area contributed by atoms with Crippen molar-refractivity contribution >= 4 is 22.9 Å². The molecule has 1 unspecified atom stereocenters. The zero-order valence-electron chi connectivity index (χ0n) is 8.17. The molecule has 1 atom stereocenters. The van der Waals surface area contributed by atoms with Crippen LogP contribution in [0.5, 0.6) is 0 Å². The van der Waals surface area contributed by atoms with Gasteiger partial charge in [-0.1, -0.05) is 32.4 Å². The molecule has 1 N–H and O–H groups in total. The fourth-order valence-electron chi connectivity index (χ4n) is 1.22. The van der Waals surface area contributed by atoms with Crippen LogP contribution < -0.4 is 0 Å². The number of halogens is 1. The van der Waals surface area contributed by atoms with E-state index in [4.69, 9.17) is 11.6 Å². The van der Waals surface area contributed by atoms with Crippen LogP contribution in [0.4, 0.5) is 0 Å². The highest BCUT2D eigenvalue weighted by atomic mass is 35.5. The molecule has 1 aromatic rings. The van der Waals surface area contributed by atoms with Crippen LogP contribution in [0.25, 0.3) is 0 Å². The molecule has 1 aromatic heterocycles. The SMILES string of the molecule is CC(C)(C)CC(O)c1sccc1Cl. The maximum Gasteiger partial charge on any atom is 0.0901 e. The number of hydrogen-bond donors (Lipinski definition) is 1. The van der Waals surface area contributed by atoms with Crippen molar-refractivity contribution in [1.82, 2.24) is 0 Å². The van der Waals surface area contributed by atoms with Crippen molar-refractivity contribution in [2.45, 2.75) is 33.3 Å². The molecule has 0 radical (unpaired) electrons. The predicted octanol–water partition coefficient (Wildman–Crippen LogP) is 3.87. The van der Waals surface area contributed by atoms with E-state index in [2.05, 4.69) is 20.8 Å². The standard InChI is InChI=1S/C10H15ClOS/c1-10(2,3)6-8(12)9-7(11)4-5-13-9/h4-5,8,12H,6H2,1-3H3. The highest BCUT2D eigenvalue weighted by Crippen LogP contribution is 2.35. The average Bonchev–Trinajstić information content (AvgIpc) is 2.30. The summed E-state index contributed by atoms with van der Waals surface area (Å²) in [4.78, 5) is 0.886. The summed E-state index contributed by atoms with van der Waals surface area (Å²) in [6.07, 6.45) is 0.320. The van der Waals surface area contributed by atoms with Gasteiger partial charge in [0, 0.05) is 0 Å². The molecule has 0 aromatic carbocycles. The van der Waals surface area contributed by atoms with Crippen molar-refractivity contribution in [2.75, 3.05) is 0 Å². The molecular formula is C10H15ClOS. The first-order valence-electron chi connectivity index (χ1n) is 4.31. The Bertz CT molecular complexity index is 275. The minimum Gasteiger partial charge on any atom is -0.388 e. The van der Waals surface area contributed by atoms with Crippen molar-refractivity contribution in [3.05, 3.63) is 21.3 Å². The molecule has 0 saturated heterocycles. The fraction of sp³-hybridized carbons (Fsp3) is 0.600. The van der Waals surface area contributed by atoms with Gasteiger partial charge < -0.3 is 5.11 Å². The van der Waals surface area contributed by atoms with Gasteiger partial charge in [-0.2, -0.15) is 0 Å². The van der Waals surface area contributed by atoms with Gasteiger partial charge in [0.2, 0.25) is 0 Å². The number of rotatable bonds is 2. The normalized spacial score (nSPS) is 14.5. The van der Waals surface area contributed by atoms with Gasteiger partial charge in [0.15, 0.2) is 0 Å². The molecule has 0 amide bonds. The van der Waals surface area contributed by atoms with E-state index in [0.717, 1.165) is 11.3 Å². The third kappa shape index (κ3) is 3.29. The van der Waals surface area contributed by atoms with Gasteiger partial charge in [0.05, 0.1) is 16.0 Å². The first-order chi connectivity index (χ1) is 5.90. The summed E-state index contributed by atoms with van der Waals surface area (Å²) >= 11 is 7.43. The summed E-state index contributed by atoms with van der Waals surface area (Å²) in [5, 5.41) is 12.4. The minimum atomic E-state index is -0.424. The Morgan fingerprint density at radius 2 is 2.15 bits per heavy atom. The van der Waals surface area contributed by atoms with Gasteiger partial charge in [-0.25, -0.2) is 0 Å². The van der Waals surface area contributed by atoms with Crippen molar-refractivity contribution in [3.8, 4) is 0 Å². The zero-order valence-corrected chi connectivity index (χ0v) is 9.75. The third-order valence-electron chi connectivity index (χ3n) is 1.75. The lowest BCUT2D eigenvalue weighted by atomic mass is 9.89. The van der Waals surface area contributed by atoms with Crippen LogP contribution in [-0.2, 0) is 0 Å². The Balaban J connectivity index is 2.69. The number of hydrogen-bond acceptors (Lipinski definition) is 2. The Labute approximate surface area is 88.4 Å². The third-order valence-corrected chi connectivity index (χ3v) is 3.21. The fourth-order valence-corrected chi connectivity index (χ4v) is 2.38. The van der Waals surface area contributed by atoms with Crippen LogP contribution in [0.3, 0.4) is 0 Å². The van der Waals surface area contributed by atoms with Gasteiger partial charge in [-0.05, 0) is 23.3 Å². The van der Waals surface area contributed by atoms with Crippen LogP contribution in [0.1, 0.15) is 38.2 Å². The predicted molar refractivity (Wildman–Crippen MR) is 58.4 cm³/mol. The topological polar surface area (TPSA) is 20.2 Å². The van der Waals surface area contributed by atoms with E-state index in [-0.39, 0.29) is 5.41 Å². The van der Waals surface area contributed by atoms with Crippen LogP contribution in [0.15, 0.2) is 11.4 Å². The van der Waals surface area contributed by atoms with Gasteiger partial charge in [-0.15, -0.1) is 11.3 Å². The van der Waals surface area contributed by atoms with Gasteiger partial charge in [0.25, 0.3) is 0 Å². The first-order valence-corrected chi connectivity index (χ1v) is 5.57. The van der Waals surface area contributed by atoms with Crippen molar-refractivity contribution < 1.29 is 5.11 Å². The maximum absolute atomic E-state index is 9.85. The maximum atomic E-state index is 9.85. The lowest BCUT2D eigenvalue weighted by molar-refractivity contribution is 0.125. The summed E-state index contributed by atoms with van der Waals surface area (Å²) in [5.74, 6) is 0. The van der Waals surface area contributed by atoms with Crippen molar-refractivity contribution in [1.29, 1.82) is 0 Å². The second-order valence-corrected chi connectivity index (χ2v) is 5.77. The van der Waals surface area contributed by atoms with Crippen LogP contribution in [0, 0.1) is 5.41 Å². The molecular weight excluding hydrogens is 204 g/mol. The van der Waals surface area contributed by atoms with E-state index in [9.17, 15) is 5.11 Å². The quantitative estimate of drug-likeness (QED) is 0.799. The van der Waals surface area contributed by atoms with Crippen LogP contribution in [-0.4, -0.2) is 5.11 Å². The second kappa shape index (κ2) is 3.99. The van der Waals surface area contributed by atoms with E-state index in [1.54, 1.807) is 0 Å². The zero-order chi connectivity index (χ0) is 10.1. The lowest BCUT2D eigenvalue weighted by Crippen LogP contribution is -2.10. The first kappa shape index (κ1) is 11.0. The van der Waals surface area contributed by atoms with Crippen LogP contribution >= 0.6 is 22.9 Å². The summed E-state index contributed by atoms with van der Waals surface area (Å²) < 4.78 is 0. The highest BCUT2D eigenvalue weighted by molar-refractivity contribution is 7.10. The van der Waals surface area contributed by atoms with E-state index >= 15 is 0 Å². The molecule has 1 nitrogen and oxygen atoms in total. The molecule has 0 bridgehead atoms.